The lowest BCUT2D eigenvalue weighted by Gasteiger charge is -2.26. The molecule has 0 bridgehead atoms. The number of rotatable bonds is 4. The molecule has 0 spiro atoms. The van der Waals surface area contributed by atoms with E-state index in [-0.39, 0.29) is 18.1 Å². The standard InChI is InChI=1S/C13H18N2O4S/c14-12-3-1-11(2-4-12)13(16)19-8-5-15-6-9-20(17,18)10-7-15/h1-4H,5-10,14H2. The van der Waals surface area contributed by atoms with E-state index < -0.39 is 15.8 Å². The van der Waals surface area contributed by atoms with Gasteiger partial charge in [0.25, 0.3) is 0 Å². The Bertz CT molecular complexity index is 555. The Morgan fingerprint density at radius 1 is 1.20 bits per heavy atom. The summed E-state index contributed by atoms with van der Waals surface area (Å²) in [5.41, 5.74) is 6.59. The third-order valence-corrected chi connectivity index (χ3v) is 4.83. The first-order valence-corrected chi connectivity index (χ1v) is 8.24. The fourth-order valence-electron chi connectivity index (χ4n) is 1.94. The van der Waals surface area contributed by atoms with Crippen molar-refractivity contribution in [2.75, 3.05) is 43.5 Å². The molecule has 0 saturated carbocycles. The molecule has 2 N–H and O–H groups in total. The summed E-state index contributed by atoms with van der Waals surface area (Å²) in [5, 5.41) is 0. The minimum absolute atomic E-state index is 0.179. The van der Waals surface area contributed by atoms with Crippen LogP contribution in [0, 0.1) is 0 Å². The lowest BCUT2D eigenvalue weighted by molar-refractivity contribution is 0.0465. The van der Waals surface area contributed by atoms with E-state index >= 15 is 0 Å². The monoisotopic (exact) mass is 298 g/mol. The third kappa shape index (κ3) is 4.21. The van der Waals surface area contributed by atoms with E-state index in [1.54, 1.807) is 24.3 Å². The zero-order valence-corrected chi connectivity index (χ0v) is 11.9. The van der Waals surface area contributed by atoms with Gasteiger partial charge in [0, 0.05) is 25.3 Å². The number of nitrogen functional groups attached to an aromatic ring is 1. The van der Waals surface area contributed by atoms with E-state index in [1.165, 1.54) is 0 Å². The average Bonchev–Trinajstić information content (AvgIpc) is 2.41. The van der Waals surface area contributed by atoms with Gasteiger partial charge in [-0.15, -0.1) is 0 Å². The van der Waals surface area contributed by atoms with Gasteiger partial charge >= 0.3 is 5.97 Å². The summed E-state index contributed by atoms with van der Waals surface area (Å²) in [7, 11) is -2.87. The quantitative estimate of drug-likeness (QED) is 0.629. The van der Waals surface area contributed by atoms with E-state index in [4.69, 9.17) is 10.5 Å². The predicted octanol–water partition coefficient (Wildman–Crippen LogP) is 0.156. The van der Waals surface area contributed by atoms with Gasteiger partial charge in [-0.2, -0.15) is 0 Å². The van der Waals surface area contributed by atoms with Gasteiger partial charge in [-0.25, -0.2) is 13.2 Å². The summed E-state index contributed by atoms with van der Waals surface area (Å²) < 4.78 is 27.7. The van der Waals surface area contributed by atoms with Crippen LogP contribution in [0.15, 0.2) is 24.3 Å². The zero-order valence-electron chi connectivity index (χ0n) is 11.1. The molecule has 1 saturated heterocycles. The Morgan fingerprint density at radius 3 is 2.40 bits per heavy atom. The first-order chi connectivity index (χ1) is 9.46. The number of carbonyl (C=O) groups excluding carboxylic acids is 1. The molecule has 7 heteroatoms. The SMILES string of the molecule is Nc1ccc(C(=O)OCCN2CCS(=O)(=O)CC2)cc1. The first-order valence-electron chi connectivity index (χ1n) is 6.42. The van der Waals surface area contributed by atoms with Gasteiger partial charge in [-0.05, 0) is 24.3 Å². The van der Waals surface area contributed by atoms with Crippen LogP contribution in [0.3, 0.4) is 0 Å². The minimum Gasteiger partial charge on any atom is -0.461 e. The molecule has 0 aromatic heterocycles. The third-order valence-electron chi connectivity index (χ3n) is 3.22. The summed E-state index contributed by atoms with van der Waals surface area (Å²) in [5.74, 6) is -0.0349. The number of hydrogen-bond donors (Lipinski definition) is 1. The Hall–Kier alpha value is -1.60. The molecule has 1 aromatic rings. The number of nitrogens with zero attached hydrogens (tertiary/aromatic N) is 1. The lowest BCUT2D eigenvalue weighted by atomic mass is 10.2. The Balaban J connectivity index is 1.73. The van der Waals surface area contributed by atoms with E-state index in [0.717, 1.165) is 0 Å². The molecule has 0 radical (unpaired) electrons. The topological polar surface area (TPSA) is 89.7 Å². The van der Waals surface area contributed by atoms with Crippen LogP contribution in [-0.2, 0) is 14.6 Å². The number of hydrogen-bond acceptors (Lipinski definition) is 6. The van der Waals surface area contributed by atoms with Crippen LogP contribution in [-0.4, -0.2) is 57.0 Å². The molecule has 1 aliphatic rings. The summed E-state index contributed by atoms with van der Waals surface area (Å²) in [4.78, 5) is 13.7. The van der Waals surface area contributed by atoms with Crippen LogP contribution in [0.1, 0.15) is 10.4 Å². The van der Waals surface area contributed by atoms with Crippen molar-refractivity contribution in [3.8, 4) is 0 Å². The molecule has 110 valence electrons. The van der Waals surface area contributed by atoms with Crippen molar-refractivity contribution >= 4 is 21.5 Å². The van der Waals surface area contributed by atoms with E-state index in [1.807, 2.05) is 4.90 Å². The van der Waals surface area contributed by atoms with Crippen molar-refractivity contribution in [3.63, 3.8) is 0 Å². The second-order valence-electron chi connectivity index (χ2n) is 4.75. The second-order valence-corrected chi connectivity index (χ2v) is 7.06. The van der Waals surface area contributed by atoms with Crippen molar-refractivity contribution in [2.24, 2.45) is 0 Å². The highest BCUT2D eigenvalue weighted by Crippen LogP contribution is 2.07. The number of sulfone groups is 1. The first kappa shape index (κ1) is 14.8. The van der Waals surface area contributed by atoms with Crippen molar-refractivity contribution in [2.45, 2.75) is 0 Å². The number of benzene rings is 1. The molecule has 20 heavy (non-hydrogen) atoms. The van der Waals surface area contributed by atoms with Gasteiger partial charge in [0.15, 0.2) is 9.84 Å². The molecule has 6 nitrogen and oxygen atoms in total. The van der Waals surface area contributed by atoms with Gasteiger partial charge in [-0.1, -0.05) is 0 Å². The highest BCUT2D eigenvalue weighted by molar-refractivity contribution is 7.91. The highest BCUT2D eigenvalue weighted by atomic mass is 32.2. The summed E-state index contributed by atoms with van der Waals surface area (Å²) in [6, 6.07) is 6.52. The van der Waals surface area contributed by atoms with Crippen LogP contribution in [0.2, 0.25) is 0 Å². The molecule has 1 aliphatic heterocycles. The number of ether oxygens (including phenoxy) is 1. The number of carbonyl (C=O) groups is 1. The van der Waals surface area contributed by atoms with Crippen molar-refractivity contribution in [3.05, 3.63) is 29.8 Å². The van der Waals surface area contributed by atoms with E-state index in [2.05, 4.69) is 0 Å². The molecule has 1 heterocycles. The molecule has 0 atom stereocenters. The second kappa shape index (κ2) is 6.23. The van der Waals surface area contributed by atoms with Gasteiger partial charge in [0.1, 0.15) is 6.61 Å². The number of nitrogens with two attached hydrogens (primary N) is 1. The summed E-state index contributed by atoms with van der Waals surface area (Å²) in [6.45, 7) is 1.81. The molecule has 0 amide bonds. The van der Waals surface area contributed by atoms with E-state index in [0.29, 0.717) is 30.9 Å². The number of esters is 1. The fraction of sp³-hybridized carbons (Fsp3) is 0.462. The Labute approximate surface area is 118 Å². The van der Waals surface area contributed by atoms with Crippen LogP contribution in [0.4, 0.5) is 5.69 Å². The van der Waals surface area contributed by atoms with Crippen LogP contribution in [0.5, 0.6) is 0 Å². The minimum atomic E-state index is -2.87. The van der Waals surface area contributed by atoms with Gasteiger partial charge in [0.05, 0.1) is 17.1 Å². The van der Waals surface area contributed by atoms with Crippen molar-refractivity contribution < 1.29 is 17.9 Å². The van der Waals surface area contributed by atoms with Crippen molar-refractivity contribution in [1.82, 2.24) is 4.90 Å². The van der Waals surface area contributed by atoms with Gasteiger partial charge in [-0.3, -0.25) is 4.90 Å². The van der Waals surface area contributed by atoms with Crippen LogP contribution >= 0.6 is 0 Å². The maximum Gasteiger partial charge on any atom is 0.338 e. The van der Waals surface area contributed by atoms with Crippen LogP contribution < -0.4 is 5.73 Å². The molecular formula is C13H18N2O4S. The van der Waals surface area contributed by atoms with Crippen LogP contribution in [0.25, 0.3) is 0 Å². The molecule has 1 aromatic carbocycles. The largest absolute Gasteiger partial charge is 0.461 e. The molecule has 0 aliphatic carbocycles. The molecule has 1 fully saturated rings. The smallest absolute Gasteiger partial charge is 0.338 e. The maximum atomic E-state index is 11.7. The maximum absolute atomic E-state index is 11.7. The Kier molecular flexibility index (Phi) is 4.61. The normalized spacial score (nSPS) is 18.6. The van der Waals surface area contributed by atoms with Gasteiger partial charge < -0.3 is 10.5 Å². The molecule has 2 rings (SSSR count). The average molecular weight is 298 g/mol. The van der Waals surface area contributed by atoms with Crippen molar-refractivity contribution in [1.29, 1.82) is 0 Å². The zero-order chi connectivity index (χ0) is 14.6. The lowest BCUT2D eigenvalue weighted by Crippen LogP contribution is -2.41. The van der Waals surface area contributed by atoms with Gasteiger partial charge in [0.2, 0.25) is 0 Å². The Morgan fingerprint density at radius 2 is 1.80 bits per heavy atom. The summed E-state index contributed by atoms with van der Waals surface area (Å²) in [6.07, 6.45) is 0. The predicted molar refractivity (Wildman–Crippen MR) is 76.2 cm³/mol. The highest BCUT2D eigenvalue weighted by Gasteiger charge is 2.21. The van der Waals surface area contributed by atoms with E-state index in [9.17, 15) is 13.2 Å². The fourth-order valence-corrected chi connectivity index (χ4v) is 3.22. The molecular weight excluding hydrogens is 280 g/mol. The number of anilines is 1. The summed E-state index contributed by atoms with van der Waals surface area (Å²) >= 11 is 0. The molecule has 0 unspecified atom stereocenters.